The Morgan fingerprint density at radius 2 is 1.87 bits per heavy atom. The van der Waals surface area contributed by atoms with Crippen molar-refractivity contribution in [3.05, 3.63) is 35.9 Å². The van der Waals surface area contributed by atoms with E-state index in [4.69, 9.17) is 0 Å². The van der Waals surface area contributed by atoms with E-state index in [1.165, 1.54) is 18.4 Å². The smallest absolute Gasteiger partial charge is 0.224 e. The number of rotatable bonds is 4. The highest BCUT2D eigenvalue weighted by Gasteiger charge is 2.42. The number of hydrogen-bond donors (Lipinski definition) is 1. The van der Waals surface area contributed by atoms with Crippen LogP contribution in [0.25, 0.3) is 0 Å². The van der Waals surface area contributed by atoms with E-state index in [1.54, 1.807) is 0 Å². The fourth-order valence-electron chi connectivity index (χ4n) is 4.51. The van der Waals surface area contributed by atoms with Gasteiger partial charge in [-0.25, -0.2) is 0 Å². The van der Waals surface area contributed by atoms with Crippen LogP contribution in [0.15, 0.2) is 30.3 Å². The number of benzene rings is 1. The lowest BCUT2D eigenvalue weighted by atomic mass is 9.95. The fourth-order valence-corrected chi connectivity index (χ4v) is 4.51. The molecular formula is C19H27N3O. The summed E-state index contributed by atoms with van der Waals surface area (Å²) in [6, 6.07) is 11.6. The minimum atomic E-state index is 0.374. The van der Waals surface area contributed by atoms with Gasteiger partial charge >= 0.3 is 0 Å². The molecule has 0 aliphatic carbocycles. The van der Waals surface area contributed by atoms with Crippen LogP contribution in [0.2, 0.25) is 0 Å². The predicted molar refractivity (Wildman–Crippen MR) is 91.0 cm³/mol. The fraction of sp³-hybridized carbons (Fsp3) is 0.632. The molecule has 0 aromatic heterocycles. The maximum absolute atomic E-state index is 12.2. The molecule has 0 radical (unpaired) electrons. The van der Waals surface area contributed by atoms with Crippen LogP contribution in [0.4, 0.5) is 0 Å². The van der Waals surface area contributed by atoms with Crippen molar-refractivity contribution in [1.29, 1.82) is 0 Å². The van der Waals surface area contributed by atoms with E-state index >= 15 is 0 Å². The lowest BCUT2D eigenvalue weighted by molar-refractivity contribution is -0.129. The number of nitrogens with one attached hydrogen (secondary N) is 1. The van der Waals surface area contributed by atoms with Crippen LogP contribution in [-0.2, 0) is 11.3 Å². The first-order valence-electron chi connectivity index (χ1n) is 9.09. The van der Waals surface area contributed by atoms with Gasteiger partial charge < -0.3 is 10.2 Å². The molecule has 3 aliphatic rings. The third kappa shape index (κ3) is 3.29. The van der Waals surface area contributed by atoms with Crippen LogP contribution in [-0.4, -0.2) is 54.0 Å². The Labute approximate surface area is 138 Å². The zero-order chi connectivity index (χ0) is 15.6. The second kappa shape index (κ2) is 6.62. The second-order valence-electron chi connectivity index (χ2n) is 7.37. The molecule has 0 bridgehead atoms. The molecule has 0 unspecified atom stereocenters. The highest BCUT2D eigenvalue weighted by atomic mass is 16.2. The summed E-state index contributed by atoms with van der Waals surface area (Å²) in [5.41, 5.74) is 1.40. The lowest BCUT2D eigenvalue weighted by Crippen LogP contribution is -2.42. The number of hydrogen-bond acceptors (Lipinski definition) is 3. The van der Waals surface area contributed by atoms with E-state index in [2.05, 4.69) is 45.4 Å². The zero-order valence-electron chi connectivity index (χ0n) is 13.8. The number of amides is 1. The van der Waals surface area contributed by atoms with E-state index in [0.29, 0.717) is 23.9 Å². The topological polar surface area (TPSA) is 35.6 Å². The SMILES string of the molecule is O=C1C[C@H]2NCC[C@H]2N1CC1CCN(Cc2ccccc2)CC1. The van der Waals surface area contributed by atoms with Crippen molar-refractivity contribution in [2.75, 3.05) is 26.2 Å². The van der Waals surface area contributed by atoms with E-state index < -0.39 is 0 Å². The van der Waals surface area contributed by atoms with Crippen molar-refractivity contribution in [1.82, 2.24) is 15.1 Å². The molecule has 1 amide bonds. The number of carbonyl (C=O) groups excluding carboxylic acids is 1. The predicted octanol–water partition coefficient (Wildman–Crippen LogP) is 1.86. The Balaban J connectivity index is 1.27. The van der Waals surface area contributed by atoms with Crippen LogP contribution >= 0.6 is 0 Å². The molecule has 0 saturated carbocycles. The Bertz CT molecular complexity index is 539. The molecule has 1 N–H and O–H groups in total. The summed E-state index contributed by atoms with van der Waals surface area (Å²) in [6.07, 6.45) is 4.31. The van der Waals surface area contributed by atoms with Crippen LogP contribution in [0.5, 0.6) is 0 Å². The van der Waals surface area contributed by atoms with Gasteiger partial charge in [0.1, 0.15) is 0 Å². The number of likely N-dealkylation sites (tertiary alicyclic amines) is 2. The average Bonchev–Trinajstić information content (AvgIpc) is 3.13. The van der Waals surface area contributed by atoms with Gasteiger partial charge in [0.05, 0.1) is 0 Å². The average molecular weight is 313 g/mol. The molecule has 3 aliphatic heterocycles. The van der Waals surface area contributed by atoms with Crippen LogP contribution in [0.1, 0.15) is 31.2 Å². The summed E-state index contributed by atoms with van der Waals surface area (Å²) in [5.74, 6) is 1.06. The van der Waals surface area contributed by atoms with Gasteiger partial charge in [0.2, 0.25) is 5.91 Å². The molecule has 1 aromatic carbocycles. The standard InChI is InChI=1S/C19H27N3O/c23-19-12-17-18(6-9-20-17)22(19)14-16-7-10-21(11-8-16)13-15-4-2-1-3-5-15/h1-5,16-18,20H,6-14H2/t17-,18-/m1/s1. The van der Waals surface area contributed by atoms with E-state index in [1.807, 2.05) is 0 Å². The Morgan fingerprint density at radius 3 is 2.65 bits per heavy atom. The Kier molecular flexibility index (Phi) is 4.36. The molecule has 1 aromatic rings. The molecule has 2 atom stereocenters. The number of fused-ring (bicyclic) bond motifs is 1. The number of nitrogens with zero attached hydrogens (tertiary/aromatic N) is 2. The number of piperidine rings is 1. The van der Waals surface area contributed by atoms with Crippen molar-refractivity contribution in [3.63, 3.8) is 0 Å². The van der Waals surface area contributed by atoms with Gasteiger partial charge in [0.15, 0.2) is 0 Å². The highest BCUT2D eigenvalue weighted by molar-refractivity contribution is 5.80. The van der Waals surface area contributed by atoms with Gasteiger partial charge in [0.25, 0.3) is 0 Å². The summed E-state index contributed by atoms with van der Waals surface area (Å²) >= 11 is 0. The Morgan fingerprint density at radius 1 is 1.09 bits per heavy atom. The summed E-state index contributed by atoms with van der Waals surface area (Å²) in [6.45, 7) is 5.45. The Hall–Kier alpha value is -1.39. The molecule has 4 rings (SSSR count). The molecule has 3 heterocycles. The molecule has 124 valence electrons. The van der Waals surface area contributed by atoms with Crippen LogP contribution in [0, 0.1) is 5.92 Å². The van der Waals surface area contributed by atoms with Crippen molar-refractivity contribution < 1.29 is 4.79 Å². The van der Waals surface area contributed by atoms with Gasteiger partial charge in [-0.05, 0) is 50.4 Å². The summed E-state index contributed by atoms with van der Waals surface area (Å²) < 4.78 is 0. The molecule has 23 heavy (non-hydrogen) atoms. The second-order valence-corrected chi connectivity index (χ2v) is 7.37. The van der Waals surface area contributed by atoms with Gasteiger partial charge in [-0.15, -0.1) is 0 Å². The number of carbonyl (C=O) groups is 1. The maximum Gasteiger partial charge on any atom is 0.224 e. The van der Waals surface area contributed by atoms with E-state index in [0.717, 1.165) is 45.6 Å². The summed E-state index contributed by atoms with van der Waals surface area (Å²) in [5, 5.41) is 3.48. The first kappa shape index (κ1) is 15.2. The normalized spacial score (nSPS) is 29.2. The first-order valence-corrected chi connectivity index (χ1v) is 9.09. The highest BCUT2D eigenvalue weighted by Crippen LogP contribution is 2.29. The maximum atomic E-state index is 12.2. The minimum absolute atomic E-state index is 0.374. The molecule has 4 nitrogen and oxygen atoms in total. The monoisotopic (exact) mass is 313 g/mol. The van der Waals surface area contributed by atoms with E-state index in [9.17, 15) is 4.79 Å². The minimum Gasteiger partial charge on any atom is -0.338 e. The summed E-state index contributed by atoms with van der Waals surface area (Å²) in [7, 11) is 0. The van der Waals surface area contributed by atoms with Crippen LogP contribution < -0.4 is 5.32 Å². The van der Waals surface area contributed by atoms with Gasteiger partial charge in [0, 0.05) is 31.6 Å². The van der Waals surface area contributed by atoms with Gasteiger partial charge in [-0.2, -0.15) is 0 Å². The first-order chi connectivity index (χ1) is 11.3. The van der Waals surface area contributed by atoms with Crippen molar-refractivity contribution >= 4 is 5.91 Å². The largest absolute Gasteiger partial charge is 0.338 e. The molecule has 0 spiro atoms. The quantitative estimate of drug-likeness (QED) is 0.922. The van der Waals surface area contributed by atoms with E-state index in [-0.39, 0.29) is 0 Å². The lowest BCUT2D eigenvalue weighted by Gasteiger charge is -2.35. The zero-order valence-corrected chi connectivity index (χ0v) is 13.8. The third-order valence-electron chi connectivity index (χ3n) is 5.84. The molecule has 3 fully saturated rings. The molecule has 4 heteroatoms. The van der Waals surface area contributed by atoms with Crippen molar-refractivity contribution in [2.24, 2.45) is 5.92 Å². The van der Waals surface area contributed by atoms with Crippen molar-refractivity contribution in [2.45, 2.75) is 44.3 Å². The molecular weight excluding hydrogens is 286 g/mol. The van der Waals surface area contributed by atoms with Gasteiger partial charge in [-0.1, -0.05) is 30.3 Å². The van der Waals surface area contributed by atoms with Gasteiger partial charge in [-0.3, -0.25) is 9.69 Å². The third-order valence-corrected chi connectivity index (χ3v) is 5.84. The van der Waals surface area contributed by atoms with Crippen molar-refractivity contribution in [3.8, 4) is 0 Å². The van der Waals surface area contributed by atoms with Crippen LogP contribution in [0.3, 0.4) is 0 Å². The summed E-state index contributed by atoms with van der Waals surface area (Å²) in [4.78, 5) is 17.0. The molecule has 3 saturated heterocycles.